The van der Waals surface area contributed by atoms with E-state index in [1.807, 2.05) is 36.4 Å². The lowest BCUT2D eigenvalue weighted by molar-refractivity contribution is -0.434. The van der Waals surface area contributed by atoms with Gasteiger partial charge in [0.05, 0.1) is 16.6 Å². The number of nitriles is 1. The van der Waals surface area contributed by atoms with Crippen molar-refractivity contribution in [1.29, 1.82) is 5.26 Å². The molecule has 0 bridgehead atoms. The Morgan fingerprint density at radius 1 is 1.27 bits per heavy atom. The molecule has 1 amide bonds. The fraction of sp³-hybridized carbons (Fsp3) is 0.261. The van der Waals surface area contributed by atoms with Gasteiger partial charge in [-0.05, 0) is 29.7 Å². The van der Waals surface area contributed by atoms with Crippen molar-refractivity contribution in [2.75, 3.05) is 13.1 Å². The third kappa shape index (κ3) is 4.84. The smallest absolute Gasteiger partial charge is 0.296 e. The molecule has 10 heteroatoms. The topological polar surface area (TPSA) is 111 Å². The molecule has 0 spiro atoms. The van der Waals surface area contributed by atoms with Gasteiger partial charge in [0.25, 0.3) is 11.6 Å². The summed E-state index contributed by atoms with van der Waals surface area (Å²) in [5.74, 6) is -0.275. The molecule has 0 unspecified atom stereocenters. The van der Waals surface area contributed by atoms with Crippen molar-refractivity contribution in [3.8, 4) is 6.07 Å². The summed E-state index contributed by atoms with van der Waals surface area (Å²) in [6.07, 6.45) is 0.696. The van der Waals surface area contributed by atoms with E-state index in [1.54, 1.807) is 24.3 Å². The molecule has 2 aromatic rings. The van der Waals surface area contributed by atoms with E-state index >= 15 is 0 Å². The third-order valence-corrected chi connectivity index (χ3v) is 6.93. The number of hydrogen-bond donors (Lipinski definition) is 2. The third-order valence-electron chi connectivity index (χ3n) is 5.61. The van der Waals surface area contributed by atoms with Gasteiger partial charge in [0, 0.05) is 18.8 Å². The van der Waals surface area contributed by atoms with E-state index in [2.05, 4.69) is 10.6 Å². The quantitative estimate of drug-likeness (QED) is 0.382. The molecule has 0 radical (unpaired) electrons. The highest BCUT2D eigenvalue weighted by molar-refractivity contribution is 8.22. The molecule has 2 heterocycles. The summed E-state index contributed by atoms with van der Waals surface area (Å²) < 4.78 is 0.395. The van der Waals surface area contributed by atoms with E-state index in [4.69, 9.17) is 17.5 Å². The van der Waals surface area contributed by atoms with Gasteiger partial charge < -0.3 is 10.6 Å². The van der Waals surface area contributed by atoms with Gasteiger partial charge >= 0.3 is 0 Å². The molecule has 2 atom stereocenters. The van der Waals surface area contributed by atoms with E-state index < -0.39 is 16.9 Å². The summed E-state index contributed by atoms with van der Waals surface area (Å²) in [5, 5.41) is 27.5. The zero-order chi connectivity index (χ0) is 23.4. The molecule has 8 nitrogen and oxygen atoms in total. The van der Waals surface area contributed by atoms with Crippen molar-refractivity contribution in [2.45, 2.75) is 24.1 Å². The van der Waals surface area contributed by atoms with Gasteiger partial charge in [0.15, 0.2) is 5.82 Å². The van der Waals surface area contributed by atoms with Crippen LogP contribution in [0.25, 0.3) is 0 Å². The summed E-state index contributed by atoms with van der Waals surface area (Å²) in [6.45, 7) is 0.959. The summed E-state index contributed by atoms with van der Waals surface area (Å²) in [6, 6.07) is 17.4. The maximum atomic E-state index is 13.5. The molecule has 1 saturated heterocycles. The Hall–Kier alpha value is -3.42. The normalized spacial score (nSPS) is 19.8. The van der Waals surface area contributed by atoms with Gasteiger partial charge in [-0.1, -0.05) is 66.4 Å². The Kier molecular flexibility index (Phi) is 6.91. The second-order valence-electron chi connectivity index (χ2n) is 7.66. The Balaban J connectivity index is 1.68. The van der Waals surface area contributed by atoms with Crippen LogP contribution < -0.4 is 10.6 Å². The van der Waals surface area contributed by atoms with Crippen LogP contribution in [0.15, 0.2) is 66.1 Å². The highest BCUT2D eigenvalue weighted by atomic mass is 32.2. The number of rotatable bonds is 5. The number of carbonyl (C=O) groups is 1. The molecule has 0 aliphatic carbocycles. The molecular formula is C23H21N5O3S2. The molecule has 2 N–H and O–H groups in total. The fourth-order valence-corrected chi connectivity index (χ4v) is 5.07. The highest BCUT2D eigenvalue weighted by Crippen LogP contribution is 2.37. The molecule has 168 valence electrons. The van der Waals surface area contributed by atoms with Crippen molar-refractivity contribution in [3.05, 3.63) is 92.9 Å². The van der Waals surface area contributed by atoms with Crippen molar-refractivity contribution >= 4 is 34.2 Å². The first-order valence-electron chi connectivity index (χ1n) is 10.4. The zero-order valence-electron chi connectivity index (χ0n) is 17.6. The van der Waals surface area contributed by atoms with E-state index in [1.165, 1.54) is 16.7 Å². The SMILES string of the molecule is N#Cc1ccc([C@H]2C([N+](=O)[O-])=C3NCCCN3C(=O)[C@H]2NC(=S)SCc2ccccc2)cc1. The lowest BCUT2D eigenvalue weighted by atomic mass is 9.84. The maximum Gasteiger partial charge on any atom is 0.296 e. The van der Waals surface area contributed by atoms with Gasteiger partial charge in [-0.2, -0.15) is 5.26 Å². The molecule has 4 rings (SSSR count). The average molecular weight is 480 g/mol. The second-order valence-corrected chi connectivity index (χ2v) is 9.31. The number of benzene rings is 2. The predicted octanol–water partition coefficient (Wildman–Crippen LogP) is 3.10. The Morgan fingerprint density at radius 2 is 2.00 bits per heavy atom. The maximum absolute atomic E-state index is 13.5. The lowest BCUT2D eigenvalue weighted by Gasteiger charge is -2.40. The van der Waals surface area contributed by atoms with Crippen molar-refractivity contribution in [3.63, 3.8) is 0 Å². The Bertz CT molecular complexity index is 1140. The van der Waals surface area contributed by atoms with Crippen LogP contribution in [0.1, 0.15) is 29.0 Å². The number of fused-ring (bicyclic) bond motifs is 1. The van der Waals surface area contributed by atoms with Crippen molar-refractivity contribution in [1.82, 2.24) is 15.5 Å². The van der Waals surface area contributed by atoms with Gasteiger partial charge in [0.1, 0.15) is 16.3 Å². The van der Waals surface area contributed by atoms with Crippen LogP contribution in [-0.4, -0.2) is 39.2 Å². The van der Waals surface area contributed by atoms with Gasteiger partial charge in [0.2, 0.25) is 0 Å². The van der Waals surface area contributed by atoms with Crippen LogP contribution in [0.5, 0.6) is 0 Å². The van der Waals surface area contributed by atoms with Crippen LogP contribution in [0, 0.1) is 21.4 Å². The molecule has 1 fully saturated rings. The number of nitro groups is 1. The number of thioether (sulfide) groups is 1. The Morgan fingerprint density at radius 3 is 2.67 bits per heavy atom. The first-order valence-corrected chi connectivity index (χ1v) is 11.8. The first-order chi connectivity index (χ1) is 16.0. The zero-order valence-corrected chi connectivity index (χ0v) is 19.2. The van der Waals surface area contributed by atoms with Gasteiger partial charge in [-0.3, -0.25) is 19.8 Å². The minimum Gasteiger partial charge on any atom is -0.366 e. The summed E-state index contributed by atoms with van der Waals surface area (Å²) in [7, 11) is 0. The number of thiocarbonyl (C=S) groups is 1. The van der Waals surface area contributed by atoms with Crippen LogP contribution in [-0.2, 0) is 10.5 Å². The number of hydrogen-bond acceptors (Lipinski definition) is 7. The molecular weight excluding hydrogens is 458 g/mol. The van der Waals surface area contributed by atoms with Crippen LogP contribution in [0.4, 0.5) is 0 Å². The molecule has 2 aliphatic rings. The Labute approximate surface area is 200 Å². The molecule has 0 saturated carbocycles. The standard InChI is InChI=1S/C23H21N5O3S2/c24-13-15-7-9-17(10-8-15)18-19(26-23(32)33-14-16-5-2-1-3-6-16)22(29)27-12-4-11-25-21(27)20(18)28(30)31/h1-3,5-10,18-19,25H,4,11-12,14H2,(H,26,32)/t18-,19+/m1/s1. The van der Waals surface area contributed by atoms with E-state index in [0.717, 1.165) is 5.56 Å². The van der Waals surface area contributed by atoms with Crippen LogP contribution in [0.2, 0.25) is 0 Å². The second kappa shape index (κ2) is 10.0. The van der Waals surface area contributed by atoms with Gasteiger partial charge in [-0.25, -0.2) is 0 Å². The van der Waals surface area contributed by atoms with E-state index in [0.29, 0.717) is 40.7 Å². The van der Waals surface area contributed by atoms with Crippen molar-refractivity contribution in [2.24, 2.45) is 0 Å². The summed E-state index contributed by atoms with van der Waals surface area (Å²) in [4.78, 5) is 26.7. The van der Waals surface area contributed by atoms with E-state index in [-0.39, 0.29) is 17.4 Å². The molecule has 33 heavy (non-hydrogen) atoms. The van der Waals surface area contributed by atoms with E-state index in [9.17, 15) is 14.9 Å². The lowest BCUT2D eigenvalue weighted by Crippen LogP contribution is -2.59. The number of amides is 1. The first kappa shape index (κ1) is 22.8. The minimum atomic E-state index is -0.933. The minimum absolute atomic E-state index is 0.0765. The number of carbonyl (C=O) groups excluding carboxylic acids is 1. The number of nitrogens with one attached hydrogen (secondary N) is 2. The molecule has 0 aromatic heterocycles. The highest BCUT2D eigenvalue weighted by Gasteiger charge is 2.50. The molecule has 2 aromatic carbocycles. The summed E-state index contributed by atoms with van der Waals surface area (Å²) in [5.41, 5.74) is 2.01. The summed E-state index contributed by atoms with van der Waals surface area (Å²) >= 11 is 6.89. The fourth-order valence-electron chi connectivity index (χ4n) is 4.07. The van der Waals surface area contributed by atoms with Gasteiger partial charge in [-0.15, -0.1) is 0 Å². The number of nitrogens with zero attached hydrogens (tertiary/aromatic N) is 3. The predicted molar refractivity (Wildman–Crippen MR) is 130 cm³/mol. The largest absolute Gasteiger partial charge is 0.366 e. The van der Waals surface area contributed by atoms with Crippen LogP contribution in [0.3, 0.4) is 0 Å². The van der Waals surface area contributed by atoms with Crippen LogP contribution >= 0.6 is 24.0 Å². The average Bonchev–Trinajstić information content (AvgIpc) is 2.84. The molecule has 2 aliphatic heterocycles. The van der Waals surface area contributed by atoms with Crippen molar-refractivity contribution < 1.29 is 9.72 Å². The monoisotopic (exact) mass is 479 g/mol.